The van der Waals surface area contributed by atoms with E-state index in [9.17, 15) is 14.4 Å². The first-order chi connectivity index (χ1) is 18.5. The van der Waals surface area contributed by atoms with Crippen LogP contribution in [0.4, 0.5) is 5.13 Å². The monoisotopic (exact) mass is 554 g/mol. The molecule has 1 aliphatic heterocycles. The Morgan fingerprint density at radius 1 is 1.08 bits per heavy atom. The minimum absolute atomic E-state index is 0.0973. The molecule has 0 spiro atoms. The second-order valence-electron chi connectivity index (χ2n) is 8.77. The Kier molecular flexibility index (Phi) is 10.1. The molecule has 0 aliphatic carbocycles. The van der Waals surface area contributed by atoms with E-state index >= 15 is 0 Å². The lowest BCUT2D eigenvalue weighted by atomic mass is 10.0. The smallest absolute Gasteiger partial charge is 0.254 e. The summed E-state index contributed by atoms with van der Waals surface area (Å²) in [5, 5.41) is 13.5. The first kappa shape index (κ1) is 27.6. The molecule has 3 amide bonds. The van der Waals surface area contributed by atoms with Gasteiger partial charge in [0.2, 0.25) is 11.8 Å². The second-order valence-corrected chi connectivity index (χ2v) is 10.8. The lowest BCUT2D eigenvalue weighted by molar-refractivity contribution is -0.131. The summed E-state index contributed by atoms with van der Waals surface area (Å²) in [6, 6.07) is 16.3. The quantitative estimate of drug-likeness (QED) is 0.114. The molecule has 11 heteroatoms. The Morgan fingerprint density at radius 2 is 1.84 bits per heavy atom. The van der Waals surface area contributed by atoms with Crippen molar-refractivity contribution in [1.82, 2.24) is 14.8 Å². The third kappa shape index (κ3) is 7.56. The van der Waals surface area contributed by atoms with E-state index in [1.165, 1.54) is 23.3 Å². The van der Waals surface area contributed by atoms with Crippen LogP contribution < -0.4 is 15.5 Å². The van der Waals surface area contributed by atoms with Crippen LogP contribution >= 0.6 is 23.3 Å². The average Bonchev–Trinajstić information content (AvgIpc) is 3.59. The number of aromatic nitrogens is 1. The number of anilines is 1. The summed E-state index contributed by atoms with van der Waals surface area (Å²) >= 11 is 2.71. The van der Waals surface area contributed by atoms with Crippen molar-refractivity contribution in [3.8, 4) is 5.75 Å². The molecule has 38 heavy (non-hydrogen) atoms. The standard InChI is InChI=1S/C27H30N4O5S2/c32-23(30-35)10-6-1-2-7-16-36-21-13-11-19(12-14-21)22-18-24(33)31(38-22)25(20-8-4-3-5-9-20)26(34)29-27-28-15-17-37-27/h3-5,8-9,11-15,17,22,25,35H,1-2,6-7,10,16,18H2,(H,30,32)(H,28,29,34). The van der Waals surface area contributed by atoms with Crippen molar-refractivity contribution in [2.75, 3.05) is 11.9 Å². The minimum Gasteiger partial charge on any atom is -0.494 e. The third-order valence-electron chi connectivity index (χ3n) is 6.05. The normalized spacial score (nSPS) is 15.8. The van der Waals surface area contributed by atoms with E-state index < -0.39 is 6.04 Å². The minimum atomic E-state index is -0.775. The summed E-state index contributed by atoms with van der Waals surface area (Å²) in [7, 11) is 0. The summed E-state index contributed by atoms with van der Waals surface area (Å²) in [5.41, 5.74) is 3.37. The summed E-state index contributed by atoms with van der Waals surface area (Å²) in [6.07, 6.45) is 5.67. The van der Waals surface area contributed by atoms with Gasteiger partial charge in [-0.05, 0) is 48.0 Å². The third-order valence-corrected chi connectivity index (χ3v) is 8.07. The number of thiazole rings is 1. The van der Waals surface area contributed by atoms with Gasteiger partial charge in [0.05, 0.1) is 11.9 Å². The van der Waals surface area contributed by atoms with E-state index in [1.807, 2.05) is 54.6 Å². The Morgan fingerprint density at radius 3 is 2.55 bits per heavy atom. The van der Waals surface area contributed by atoms with Gasteiger partial charge >= 0.3 is 0 Å². The molecule has 3 N–H and O–H groups in total. The Bertz CT molecular complexity index is 1190. The van der Waals surface area contributed by atoms with E-state index in [1.54, 1.807) is 21.4 Å². The highest BCUT2D eigenvalue weighted by Gasteiger charge is 2.40. The van der Waals surface area contributed by atoms with E-state index in [4.69, 9.17) is 9.94 Å². The molecule has 4 rings (SSSR count). The largest absolute Gasteiger partial charge is 0.494 e. The number of amides is 3. The van der Waals surface area contributed by atoms with Crippen molar-refractivity contribution < 1.29 is 24.3 Å². The molecule has 0 saturated carbocycles. The van der Waals surface area contributed by atoms with Gasteiger partial charge in [-0.1, -0.05) is 55.3 Å². The molecule has 9 nitrogen and oxygen atoms in total. The van der Waals surface area contributed by atoms with Gasteiger partial charge in [0.25, 0.3) is 5.91 Å². The van der Waals surface area contributed by atoms with Crippen LogP contribution in [-0.4, -0.2) is 38.8 Å². The first-order valence-electron chi connectivity index (χ1n) is 12.4. The highest BCUT2D eigenvalue weighted by molar-refractivity contribution is 7.98. The van der Waals surface area contributed by atoms with Crippen LogP contribution in [0.1, 0.15) is 60.9 Å². The number of carbonyl (C=O) groups excluding carboxylic acids is 3. The van der Waals surface area contributed by atoms with E-state index in [0.29, 0.717) is 24.6 Å². The molecule has 2 unspecified atom stereocenters. The Labute approximate surface area is 229 Å². The fourth-order valence-electron chi connectivity index (χ4n) is 4.12. The first-order valence-corrected chi connectivity index (χ1v) is 14.2. The topological polar surface area (TPSA) is 121 Å². The van der Waals surface area contributed by atoms with Crippen molar-refractivity contribution in [2.24, 2.45) is 0 Å². The van der Waals surface area contributed by atoms with E-state index in [0.717, 1.165) is 42.6 Å². The molecule has 2 atom stereocenters. The summed E-state index contributed by atoms with van der Waals surface area (Å²) in [6.45, 7) is 0.572. The molecule has 2 aromatic carbocycles. The maximum atomic E-state index is 13.3. The number of unbranched alkanes of at least 4 members (excludes halogenated alkanes) is 3. The molecule has 1 aliphatic rings. The van der Waals surface area contributed by atoms with Gasteiger partial charge in [-0.15, -0.1) is 11.3 Å². The fourth-order valence-corrected chi connectivity index (χ4v) is 5.95. The zero-order chi connectivity index (χ0) is 26.7. The molecule has 0 bridgehead atoms. The van der Waals surface area contributed by atoms with E-state index in [2.05, 4.69) is 10.3 Å². The number of rotatable bonds is 13. The second kappa shape index (κ2) is 13.9. The fraction of sp³-hybridized carbons (Fsp3) is 0.333. The number of nitrogens with zero attached hydrogens (tertiary/aromatic N) is 2. The zero-order valence-electron chi connectivity index (χ0n) is 20.7. The zero-order valence-corrected chi connectivity index (χ0v) is 22.4. The molecular weight excluding hydrogens is 524 g/mol. The molecule has 1 saturated heterocycles. The summed E-state index contributed by atoms with van der Waals surface area (Å²) in [4.78, 5) is 41.5. The number of hydroxylamine groups is 1. The average molecular weight is 555 g/mol. The van der Waals surface area contributed by atoms with Crippen molar-refractivity contribution in [3.63, 3.8) is 0 Å². The molecular formula is C27H30N4O5S2. The van der Waals surface area contributed by atoms with Crippen LogP contribution in [0, 0.1) is 0 Å². The molecule has 3 aromatic rings. The predicted octanol–water partition coefficient (Wildman–Crippen LogP) is 5.28. The van der Waals surface area contributed by atoms with E-state index in [-0.39, 0.29) is 23.0 Å². The number of carbonyl (C=O) groups is 3. The van der Waals surface area contributed by atoms with Crippen LogP contribution in [0.15, 0.2) is 66.2 Å². The van der Waals surface area contributed by atoms with Gasteiger partial charge in [0.1, 0.15) is 11.8 Å². The number of hydrogen-bond acceptors (Lipinski definition) is 8. The van der Waals surface area contributed by atoms with Crippen LogP contribution in [0.5, 0.6) is 5.75 Å². The Hall–Kier alpha value is -3.41. The maximum absolute atomic E-state index is 13.3. The SMILES string of the molecule is O=C(CCCCCCOc1ccc(C2CC(=O)N(C(C(=O)Nc3nccs3)c3ccccc3)S2)cc1)NO. The van der Waals surface area contributed by atoms with Gasteiger partial charge in [-0.2, -0.15) is 0 Å². The molecule has 1 fully saturated rings. The Balaban J connectivity index is 1.32. The van der Waals surface area contributed by atoms with Crippen LogP contribution in [0.3, 0.4) is 0 Å². The number of benzene rings is 2. The summed E-state index contributed by atoms with van der Waals surface area (Å²) < 4.78 is 7.41. The molecule has 0 radical (unpaired) electrons. The molecule has 1 aromatic heterocycles. The van der Waals surface area contributed by atoms with Gasteiger partial charge in [-0.3, -0.25) is 29.2 Å². The summed E-state index contributed by atoms with van der Waals surface area (Å²) in [5.74, 6) is -0.00121. The molecule has 2 heterocycles. The highest BCUT2D eigenvalue weighted by Crippen LogP contribution is 2.46. The van der Waals surface area contributed by atoms with Crippen molar-refractivity contribution in [1.29, 1.82) is 0 Å². The van der Waals surface area contributed by atoms with Gasteiger partial charge in [-0.25, -0.2) is 10.5 Å². The van der Waals surface area contributed by atoms with Crippen molar-refractivity contribution in [2.45, 2.75) is 49.8 Å². The lowest BCUT2D eigenvalue weighted by Gasteiger charge is -2.26. The van der Waals surface area contributed by atoms with Crippen molar-refractivity contribution >= 4 is 46.1 Å². The number of ether oxygens (including phenoxy) is 1. The lowest BCUT2D eigenvalue weighted by Crippen LogP contribution is -2.34. The van der Waals surface area contributed by atoms with Crippen molar-refractivity contribution in [3.05, 3.63) is 77.3 Å². The molecule has 200 valence electrons. The van der Waals surface area contributed by atoms with Crippen LogP contribution in [-0.2, 0) is 14.4 Å². The predicted molar refractivity (Wildman–Crippen MR) is 147 cm³/mol. The van der Waals surface area contributed by atoms with Gasteiger partial charge in [0, 0.05) is 24.4 Å². The number of hydrogen-bond donors (Lipinski definition) is 3. The van der Waals surface area contributed by atoms with Crippen LogP contribution in [0.25, 0.3) is 0 Å². The maximum Gasteiger partial charge on any atom is 0.254 e. The van der Waals surface area contributed by atoms with Gasteiger partial charge in [0.15, 0.2) is 5.13 Å². The highest BCUT2D eigenvalue weighted by atomic mass is 32.2. The van der Waals surface area contributed by atoms with Gasteiger partial charge < -0.3 is 4.74 Å². The number of nitrogens with one attached hydrogen (secondary N) is 2. The van der Waals surface area contributed by atoms with Crippen LogP contribution in [0.2, 0.25) is 0 Å².